The van der Waals surface area contributed by atoms with E-state index < -0.39 is 0 Å². The Hall–Kier alpha value is -2.20. The standard InChI is InChI=1S/C20H25FN2O/c1-2-14-23(15-18-6-4-3-5-7-18)16-20(24)22-13-12-17-8-10-19(21)11-9-17/h3-11H,2,12-16H2,1H3,(H,22,24). The van der Waals surface area contributed by atoms with E-state index in [2.05, 4.69) is 29.3 Å². The molecule has 0 atom stereocenters. The molecule has 1 N–H and O–H groups in total. The highest BCUT2D eigenvalue weighted by atomic mass is 19.1. The molecule has 1 amide bonds. The number of hydrogen-bond donors (Lipinski definition) is 1. The Morgan fingerprint density at radius 1 is 1.04 bits per heavy atom. The molecule has 3 nitrogen and oxygen atoms in total. The molecule has 0 fully saturated rings. The van der Waals surface area contributed by atoms with Crippen molar-refractivity contribution in [2.75, 3.05) is 19.6 Å². The van der Waals surface area contributed by atoms with Crippen LogP contribution in [0.2, 0.25) is 0 Å². The van der Waals surface area contributed by atoms with E-state index in [1.54, 1.807) is 12.1 Å². The summed E-state index contributed by atoms with van der Waals surface area (Å²) >= 11 is 0. The van der Waals surface area contributed by atoms with Crippen LogP contribution in [0.3, 0.4) is 0 Å². The van der Waals surface area contributed by atoms with Gasteiger partial charge in [-0.1, -0.05) is 49.4 Å². The van der Waals surface area contributed by atoms with Crippen LogP contribution in [0.1, 0.15) is 24.5 Å². The average molecular weight is 328 g/mol. The first kappa shape index (κ1) is 18.1. The summed E-state index contributed by atoms with van der Waals surface area (Å²) in [5.41, 5.74) is 2.23. The first-order valence-electron chi connectivity index (χ1n) is 8.45. The first-order valence-corrected chi connectivity index (χ1v) is 8.45. The maximum absolute atomic E-state index is 12.9. The van der Waals surface area contributed by atoms with E-state index in [0.717, 1.165) is 25.1 Å². The Morgan fingerprint density at radius 3 is 2.42 bits per heavy atom. The van der Waals surface area contributed by atoms with Gasteiger partial charge in [-0.25, -0.2) is 4.39 Å². The normalized spacial score (nSPS) is 10.8. The van der Waals surface area contributed by atoms with Crippen LogP contribution in [0.25, 0.3) is 0 Å². The summed E-state index contributed by atoms with van der Waals surface area (Å²) in [6, 6.07) is 16.6. The number of nitrogens with one attached hydrogen (secondary N) is 1. The first-order chi connectivity index (χ1) is 11.7. The fourth-order valence-corrected chi connectivity index (χ4v) is 2.63. The second kappa shape index (κ2) is 9.83. The number of amides is 1. The van der Waals surface area contributed by atoms with Gasteiger partial charge in [0.15, 0.2) is 0 Å². The molecular formula is C20H25FN2O. The second-order valence-electron chi connectivity index (χ2n) is 5.92. The van der Waals surface area contributed by atoms with Gasteiger partial charge in [-0.2, -0.15) is 0 Å². The molecule has 2 aromatic carbocycles. The van der Waals surface area contributed by atoms with Crippen molar-refractivity contribution in [3.8, 4) is 0 Å². The molecule has 0 radical (unpaired) electrons. The van der Waals surface area contributed by atoms with Gasteiger partial charge >= 0.3 is 0 Å². The Bertz CT molecular complexity index is 613. The van der Waals surface area contributed by atoms with Crippen molar-refractivity contribution in [1.29, 1.82) is 0 Å². The van der Waals surface area contributed by atoms with Gasteiger partial charge in [0.05, 0.1) is 6.54 Å². The van der Waals surface area contributed by atoms with Crippen molar-refractivity contribution in [3.63, 3.8) is 0 Å². The minimum Gasteiger partial charge on any atom is -0.355 e. The SMILES string of the molecule is CCCN(CC(=O)NCCc1ccc(F)cc1)Cc1ccccc1. The second-order valence-corrected chi connectivity index (χ2v) is 5.92. The lowest BCUT2D eigenvalue weighted by molar-refractivity contribution is -0.122. The quantitative estimate of drug-likeness (QED) is 0.765. The summed E-state index contributed by atoms with van der Waals surface area (Å²) in [4.78, 5) is 14.3. The molecule has 0 spiro atoms. The Kier molecular flexibility index (Phi) is 7.43. The summed E-state index contributed by atoms with van der Waals surface area (Å²) in [6.45, 7) is 4.74. The van der Waals surface area contributed by atoms with Gasteiger partial charge in [0.1, 0.15) is 5.82 Å². The highest BCUT2D eigenvalue weighted by molar-refractivity contribution is 5.78. The van der Waals surface area contributed by atoms with Gasteiger partial charge in [-0.05, 0) is 42.6 Å². The molecule has 0 bridgehead atoms. The highest BCUT2D eigenvalue weighted by Crippen LogP contribution is 2.05. The molecule has 0 saturated heterocycles. The predicted molar refractivity (Wildman–Crippen MR) is 95.1 cm³/mol. The number of rotatable bonds is 9. The van der Waals surface area contributed by atoms with Crippen LogP contribution in [0.15, 0.2) is 54.6 Å². The lowest BCUT2D eigenvalue weighted by Gasteiger charge is -2.21. The Morgan fingerprint density at radius 2 is 1.75 bits per heavy atom. The summed E-state index contributed by atoms with van der Waals surface area (Å²) < 4.78 is 12.9. The fourth-order valence-electron chi connectivity index (χ4n) is 2.63. The van der Waals surface area contributed by atoms with E-state index in [-0.39, 0.29) is 11.7 Å². The van der Waals surface area contributed by atoms with E-state index >= 15 is 0 Å². The predicted octanol–water partition coefficient (Wildman–Crippen LogP) is 3.40. The van der Waals surface area contributed by atoms with Crippen LogP contribution in [0.4, 0.5) is 4.39 Å². The van der Waals surface area contributed by atoms with Gasteiger partial charge in [-0.15, -0.1) is 0 Å². The molecule has 0 aliphatic heterocycles. The largest absolute Gasteiger partial charge is 0.355 e. The molecule has 0 heterocycles. The summed E-state index contributed by atoms with van der Waals surface area (Å²) in [7, 11) is 0. The smallest absolute Gasteiger partial charge is 0.234 e. The monoisotopic (exact) mass is 328 g/mol. The van der Waals surface area contributed by atoms with E-state index in [9.17, 15) is 9.18 Å². The van der Waals surface area contributed by atoms with Crippen molar-refractivity contribution in [2.45, 2.75) is 26.3 Å². The molecule has 0 saturated carbocycles. The third-order valence-electron chi connectivity index (χ3n) is 3.81. The van der Waals surface area contributed by atoms with Crippen LogP contribution < -0.4 is 5.32 Å². The number of hydrogen-bond acceptors (Lipinski definition) is 2. The van der Waals surface area contributed by atoms with Gasteiger partial charge in [0.2, 0.25) is 5.91 Å². The zero-order chi connectivity index (χ0) is 17.2. The zero-order valence-corrected chi connectivity index (χ0v) is 14.2. The molecule has 4 heteroatoms. The topological polar surface area (TPSA) is 32.3 Å². The van der Waals surface area contributed by atoms with Gasteiger partial charge in [0.25, 0.3) is 0 Å². The zero-order valence-electron chi connectivity index (χ0n) is 14.2. The number of halogens is 1. The van der Waals surface area contributed by atoms with Gasteiger partial charge in [0, 0.05) is 13.1 Å². The van der Waals surface area contributed by atoms with Crippen LogP contribution in [0.5, 0.6) is 0 Å². The van der Waals surface area contributed by atoms with Crippen LogP contribution in [-0.2, 0) is 17.8 Å². The lowest BCUT2D eigenvalue weighted by Crippen LogP contribution is -2.38. The number of benzene rings is 2. The molecule has 24 heavy (non-hydrogen) atoms. The van der Waals surface area contributed by atoms with Crippen LogP contribution in [0, 0.1) is 5.82 Å². The molecule has 128 valence electrons. The molecule has 0 unspecified atom stereocenters. The molecule has 0 aliphatic rings. The summed E-state index contributed by atoms with van der Waals surface area (Å²) in [5, 5.41) is 2.95. The Balaban J connectivity index is 1.76. The van der Waals surface area contributed by atoms with E-state index in [1.807, 2.05) is 18.2 Å². The molecule has 0 aromatic heterocycles. The maximum Gasteiger partial charge on any atom is 0.234 e. The average Bonchev–Trinajstić information content (AvgIpc) is 2.58. The van der Waals surface area contributed by atoms with Crippen LogP contribution in [-0.4, -0.2) is 30.4 Å². The third kappa shape index (κ3) is 6.50. The lowest BCUT2D eigenvalue weighted by atomic mass is 10.1. The number of carbonyl (C=O) groups is 1. The molecule has 2 rings (SSSR count). The van der Waals surface area contributed by atoms with E-state index in [0.29, 0.717) is 19.5 Å². The minimum atomic E-state index is -0.237. The van der Waals surface area contributed by atoms with Crippen molar-refractivity contribution in [2.24, 2.45) is 0 Å². The van der Waals surface area contributed by atoms with Crippen molar-refractivity contribution < 1.29 is 9.18 Å². The number of carbonyl (C=O) groups excluding carboxylic acids is 1. The molecular weight excluding hydrogens is 303 g/mol. The van der Waals surface area contributed by atoms with Crippen molar-refractivity contribution in [1.82, 2.24) is 10.2 Å². The van der Waals surface area contributed by atoms with Gasteiger partial charge in [-0.3, -0.25) is 9.69 Å². The van der Waals surface area contributed by atoms with E-state index in [1.165, 1.54) is 17.7 Å². The van der Waals surface area contributed by atoms with Gasteiger partial charge < -0.3 is 5.32 Å². The highest BCUT2D eigenvalue weighted by Gasteiger charge is 2.10. The summed E-state index contributed by atoms with van der Waals surface area (Å²) in [6.07, 6.45) is 1.72. The van der Waals surface area contributed by atoms with Crippen molar-refractivity contribution >= 4 is 5.91 Å². The maximum atomic E-state index is 12.9. The van der Waals surface area contributed by atoms with Crippen LogP contribution >= 0.6 is 0 Å². The molecule has 2 aromatic rings. The third-order valence-corrected chi connectivity index (χ3v) is 3.81. The number of nitrogens with zero attached hydrogens (tertiary/aromatic N) is 1. The fraction of sp³-hybridized carbons (Fsp3) is 0.350. The van der Waals surface area contributed by atoms with E-state index in [4.69, 9.17) is 0 Å². The minimum absolute atomic E-state index is 0.0292. The summed E-state index contributed by atoms with van der Waals surface area (Å²) in [5.74, 6) is -0.208. The van der Waals surface area contributed by atoms with Crippen molar-refractivity contribution in [3.05, 3.63) is 71.5 Å². The molecule has 0 aliphatic carbocycles. The Labute approximate surface area is 143 Å².